The number of amides is 1. The number of carbonyl (C=O) groups is 1. The Bertz CT molecular complexity index is 627. The highest BCUT2D eigenvalue weighted by atomic mass is 19.1. The third-order valence-electron chi connectivity index (χ3n) is 2.31. The summed E-state index contributed by atoms with van der Waals surface area (Å²) >= 11 is 0. The van der Waals surface area contributed by atoms with E-state index in [1.807, 2.05) is 0 Å². The summed E-state index contributed by atoms with van der Waals surface area (Å²) in [6.07, 6.45) is -0.307. The van der Waals surface area contributed by atoms with Gasteiger partial charge in [-0.15, -0.1) is 0 Å². The maximum absolute atomic E-state index is 13.4. The molecule has 7 heteroatoms. The lowest BCUT2D eigenvalue weighted by molar-refractivity contribution is -0.387. The molecule has 0 aliphatic carbocycles. The Labute approximate surface area is 127 Å². The van der Waals surface area contributed by atoms with Gasteiger partial charge in [0.05, 0.1) is 4.92 Å². The largest absolute Gasteiger partial charge is 0.444 e. The number of carbonyl (C=O) groups excluding carboxylic acids is 1. The van der Waals surface area contributed by atoms with Crippen molar-refractivity contribution in [3.63, 3.8) is 0 Å². The maximum atomic E-state index is 13.4. The number of ether oxygens (including phenoxy) is 1. The first-order chi connectivity index (χ1) is 10.2. The summed E-state index contributed by atoms with van der Waals surface area (Å²) in [5, 5.41) is 13.3. The van der Waals surface area contributed by atoms with Crippen LogP contribution in [-0.2, 0) is 4.74 Å². The molecule has 0 aromatic heterocycles. The Kier molecular flexibility index (Phi) is 5.87. The average molecular weight is 308 g/mol. The van der Waals surface area contributed by atoms with E-state index < -0.39 is 28.1 Å². The highest BCUT2D eigenvalue weighted by Gasteiger charge is 2.18. The molecule has 1 aromatic rings. The minimum absolute atomic E-state index is 0.00210. The molecule has 0 aliphatic heterocycles. The van der Waals surface area contributed by atoms with E-state index in [9.17, 15) is 19.3 Å². The van der Waals surface area contributed by atoms with Crippen molar-refractivity contribution < 1.29 is 18.8 Å². The molecule has 0 heterocycles. The number of nitrogens with one attached hydrogen (secondary N) is 1. The lowest BCUT2D eigenvalue weighted by Crippen LogP contribution is -2.32. The fraction of sp³-hybridized carbons (Fsp3) is 0.400. The molecule has 1 N–H and O–H groups in total. The number of nitro benzene ring substituents is 1. The van der Waals surface area contributed by atoms with E-state index in [-0.39, 0.29) is 18.5 Å². The third kappa shape index (κ3) is 5.79. The summed E-state index contributed by atoms with van der Waals surface area (Å²) < 4.78 is 18.4. The molecule has 1 rings (SSSR count). The number of nitrogens with zero attached hydrogens (tertiary/aromatic N) is 1. The van der Waals surface area contributed by atoms with E-state index in [1.165, 1.54) is 12.1 Å². The van der Waals surface area contributed by atoms with Gasteiger partial charge in [-0.2, -0.15) is 4.39 Å². The van der Waals surface area contributed by atoms with Gasteiger partial charge in [-0.05, 0) is 32.9 Å². The molecule has 0 fully saturated rings. The molecule has 0 saturated carbocycles. The van der Waals surface area contributed by atoms with Crippen LogP contribution in [0.15, 0.2) is 18.2 Å². The van der Waals surface area contributed by atoms with E-state index in [4.69, 9.17) is 4.74 Å². The second-order valence-corrected chi connectivity index (χ2v) is 5.37. The van der Waals surface area contributed by atoms with E-state index >= 15 is 0 Å². The molecule has 0 unspecified atom stereocenters. The van der Waals surface area contributed by atoms with E-state index in [0.717, 1.165) is 6.07 Å². The number of nitro groups is 1. The molecule has 1 amide bonds. The Morgan fingerprint density at radius 1 is 1.45 bits per heavy atom. The minimum Gasteiger partial charge on any atom is -0.444 e. The van der Waals surface area contributed by atoms with Crippen LogP contribution in [0.4, 0.5) is 14.9 Å². The smallest absolute Gasteiger partial charge is 0.407 e. The molecule has 118 valence electrons. The monoisotopic (exact) mass is 308 g/mol. The SMILES string of the molecule is CC(C)(C)OC(=O)NCCC#Cc1cccc(F)c1[N+](=O)[O-]. The molecule has 6 nitrogen and oxygen atoms in total. The van der Waals surface area contributed by atoms with Gasteiger partial charge in [0.2, 0.25) is 5.82 Å². The zero-order chi connectivity index (χ0) is 16.8. The van der Waals surface area contributed by atoms with Crippen LogP contribution in [0.5, 0.6) is 0 Å². The van der Waals surface area contributed by atoms with Gasteiger partial charge in [-0.25, -0.2) is 4.79 Å². The summed E-state index contributed by atoms with van der Waals surface area (Å²) in [6, 6.07) is 3.73. The van der Waals surface area contributed by atoms with Crippen molar-refractivity contribution in [2.24, 2.45) is 0 Å². The molecule has 22 heavy (non-hydrogen) atoms. The van der Waals surface area contributed by atoms with Crippen LogP contribution in [0.2, 0.25) is 0 Å². The summed E-state index contributed by atoms with van der Waals surface area (Å²) in [4.78, 5) is 21.3. The zero-order valence-corrected chi connectivity index (χ0v) is 12.6. The number of para-hydroxylation sites is 1. The van der Waals surface area contributed by atoms with Crippen molar-refractivity contribution in [2.45, 2.75) is 32.8 Å². The fourth-order valence-electron chi connectivity index (χ4n) is 1.50. The molecule has 0 saturated heterocycles. The molecule has 0 aliphatic rings. The second-order valence-electron chi connectivity index (χ2n) is 5.37. The second kappa shape index (κ2) is 7.41. The van der Waals surface area contributed by atoms with Crippen LogP contribution in [0.3, 0.4) is 0 Å². The van der Waals surface area contributed by atoms with E-state index in [1.54, 1.807) is 20.8 Å². The first-order valence-corrected chi connectivity index (χ1v) is 6.59. The quantitative estimate of drug-likeness (QED) is 0.403. The summed E-state index contributed by atoms with van der Waals surface area (Å²) in [5.41, 5.74) is -1.23. The zero-order valence-electron chi connectivity index (χ0n) is 12.6. The molecular weight excluding hydrogens is 291 g/mol. The van der Waals surface area contributed by atoms with Crippen molar-refractivity contribution in [3.8, 4) is 11.8 Å². The van der Waals surface area contributed by atoms with Gasteiger partial charge in [0.1, 0.15) is 11.2 Å². The van der Waals surface area contributed by atoms with Crippen LogP contribution >= 0.6 is 0 Å². The van der Waals surface area contributed by atoms with Crippen molar-refractivity contribution in [1.82, 2.24) is 5.32 Å². The lowest BCUT2D eigenvalue weighted by Gasteiger charge is -2.19. The van der Waals surface area contributed by atoms with E-state index in [2.05, 4.69) is 17.2 Å². The molecule has 0 atom stereocenters. The van der Waals surface area contributed by atoms with Gasteiger partial charge < -0.3 is 10.1 Å². The van der Waals surface area contributed by atoms with Gasteiger partial charge >= 0.3 is 11.8 Å². The van der Waals surface area contributed by atoms with Gasteiger partial charge in [0.15, 0.2) is 0 Å². The summed E-state index contributed by atoms with van der Waals surface area (Å²) in [5.74, 6) is 4.26. The molecular formula is C15H17FN2O4. The lowest BCUT2D eigenvalue weighted by atomic mass is 10.1. The minimum atomic E-state index is -0.927. The molecule has 0 bridgehead atoms. The van der Waals surface area contributed by atoms with Gasteiger partial charge in [-0.3, -0.25) is 10.1 Å². The Balaban J connectivity index is 2.58. The van der Waals surface area contributed by atoms with Crippen molar-refractivity contribution in [3.05, 3.63) is 39.7 Å². The number of benzene rings is 1. The van der Waals surface area contributed by atoms with Crippen LogP contribution in [0.25, 0.3) is 0 Å². The Morgan fingerprint density at radius 2 is 2.14 bits per heavy atom. The van der Waals surface area contributed by atoms with Crippen LogP contribution < -0.4 is 5.32 Å². The number of halogens is 1. The highest BCUT2D eigenvalue weighted by Crippen LogP contribution is 2.21. The Morgan fingerprint density at radius 3 is 2.73 bits per heavy atom. The van der Waals surface area contributed by atoms with Gasteiger partial charge in [0, 0.05) is 13.0 Å². The maximum Gasteiger partial charge on any atom is 0.407 e. The topological polar surface area (TPSA) is 81.5 Å². The Hall–Kier alpha value is -2.62. The van der Waals surface area contributed by atoms with Crippen molar-refractivity contribution in [2.75, 3.05) is 6.54 Å². The van der Waals surface area contributed by atoms with Crippen LogP contribution in [-0.4, -0.2) is 23.2 Å². The standard InChI is InChI=1S/C15H17FN2O4/c1-15(2,3)22-14(19)17-10-5-4-7-11-8-6-9-12(16)13(11)18(20)21/h6,8-9H,5,10H2,1-3H3,(H,17,19). The molecule has 0 radical (unpaired) electrons. The fourth-order valence-corrected chi connectivity index (χ4v) is 1.50. The van der Waals surface area contributed by atoms with Gasteiger partial charge in [0.25, 0.3) is 0 Å². The number of hydrogen-bond acceptors (Lipinski definition) is 4. The number of alkyl carbamates (subject to hydrolysis) is 1. The molecule has 1 aromatic carbocycles. The predicted octanol–water partition coefficient (Wildman–Crippen LogP) is 3.00. The third-order valence-corrected chi connectivity index (χ3v) is 2.31. The van der Waals surface area contributed by atoms with E-state index in [0.29, 0.717) is 0 Å². The highest BCUT2D eigenvalue weighted by molar-refractivity contribution is 5.67. The average Bonchev–Trinajstić information content (AvgIpc) is 2.35. The van der Waals surface area contributed by atoms with Crippen LogP contribution in [0, 0.1) is 27.8 Å². The molecule has 0 spiro atoms. The summed E-state index contributed by atoms with van der Waals surface area (Å²) in [6.45, 7) is 5.46. The summed E-state index contributed by atoms with van der Waals surface area (Å²) in [7, 11) is 0. The van der Waals surface area contributed by atoms with Crippen LogP contribution in [0.1, 0.15) is 32.8 Å². The number of hydrogen-bond donors (Lipinski definition) is 1. The van der Waals surface area contributed by atoms with Crippen molar-refractivity contribution >= 4 is 11.8 Å². The first-order valence-electron chi connectivity index (χ1n) is 6.59. The predicted molar refractivity (Wildman–Crippen MR) is 78.8 cm³/mol. The van der Waals surface area contributed by atoms with Crippen molar-refractivity contribution in [1.29, 1.82) is 0 Å². The first kappa shape index (κ1) is 17.4. The van der Waals surface area contributed by atoms with Gasteiger partial charge in [-0.1, -0.05) is 17.9 Å². The normalized spacial score (nSPS) is 10.4. The number of rotatable bonds is 3.